The van der Waals surface area contributed by atoms with E-state index in [-0.39, 0.29) is 6.61 Å². The smallest absolute Gasteiger partial charge is 0.116 e. The highest BCUT2D eigenvalue weighted by Gasteiger charge is 2.36. The van der Waals surface area contributed by atoms with Crippen LogP contribution >= 0.6 is 0 Å². The second kappa shape index (κ2) is 16.5. The van der Waals surface area contributed by atoms with Gasteiger partial charge in [-0.15, -0.1) is 6.58 Å². The number of aliphatic hydroxyl groups excluding tert-OH is 1. The van der Waals surface area contributed by atoms with Crippen molar-refractivity contribution >= 4 is 0 Å². The van der Waals surface area contributed by atoms with Gasteiger partial charge in [0.2, 0.25) is 0 Å². The van der Waals surface area contributed by atoms with Crippen molar-refractivity contribution in [2.45, 2.75) is 50.8 Å². The monoisotopic (exact) mass is 538 g/mol. The van der Waals surface area contributed by atoms with Gasteiger partial charge in [-0.3, -0.25) is 0 Å². The lowest BCUT2D eigenvalue weighted by Crippen LogP contribution is -2.49. The van der Waals surface area contributed by atoms with Gasteiger partial charge < -0.3 is 24.1 Å². The quantitative estimate of drug-likeness (QED) is 0.155. The summed E-state index contributed by atoms with van der Waals surface area (Å²) in [6, 6.07) is 39.6. The Morgan fingerprint density at radius 2 is 0.900 bits per heavy atom. The molecule has 0 radical (unpaired) electrons. The van der Waals surface area contributed by atoms with Gasteiger partial charge in [0, 0.05) is 0 Å². The van der Waals surface area contributed by atoms with Crippen molar-refractivity contribution in [3.63, 3.8) is 0 Å². The average molecular weight is 539 g/mol. The van der Waals surface area contributed by atoms with E-state index in [0.717, 1.165) is 22.3 Å². The molecule has 0 aliphatic carbocycles. The van der Waals surface area contributed by atoms with Crippen LogP contribution in [0.1, 0.15) is 22.3 Å². The van der Waals surface area contributed by atoms with Crippen molar-refractivity contribution in [3.8, 4) is 0 Å². The van der Waals surface area contributed by atoms with Crippen LogP contribution in [0.3, 0.4) is 0 Å². The molecule has 0 aromatic heterocycles. The Morgan fingerprint density at radius 1 is 0.525 bits per heavy atom. The van der Waals surface area contributed by atoms with Crippen LogP contribution in [0.15, 0.2) is 134 Å². The molecule has 0 amide bonds. The fourth-order valence-corrected chi connectivity index (χ4v) is 4.37. The normalized spacial score (nSPS) is 14.2. The number of rotatable bonds is 17. The minimum atomic E-state index is -0.976. The van der Waals surface area contributed by atoms with Crippen molar-refractivity contribution in [2.24, 2.45) is 0 Å². The highest BCUT2D eigenvalue weighted by atomic mass is 16.6. The van der Waals surface area contributed by atoms with E-state index in [1.807, 2.05) is 121 Å². The largest absolute Gasteiger partial charge is 0.388 e. The van der Waals surface area contributed by atoms with Crippen molar-refractivity contribution in [1.29, 1.82) is 0 Å². The first-order valence-corrected chi connectivity index (χ1v) is 13.6. The highest BCUT2D eigenvalue weighted by molar-refractivity contribution is 5.16. The SMILES string of the molecule is C=C[C@H](OCc1ccccc1)[C@H](OCc1ccccc1)[C@H](OCc1ccccc1)[C@H](O)COCc1ccccc1. The summed E-state index contributed by atoms with van der Waals surface area (Å²) >= 11 is 0. The molecule has 0 heterocycles. The first-order chi connectivity index (χ1) is 19.7. The zero-order chi connectivity index (χ0) is 27.8. The molecule has 0 fully saturated rings. The molecule has 5 nitrogen and oxygen atoms in total. The lowest BCUT2D eigenvalue weighted by atomic mass is 10.0. The van der Waals surface area contributed by atoms with Crippen LogP contribution < -0.4 is 0 Å². The molecule has 0 spiro atoms. The maximum Gasteiger partial charge on any atom is 0.116 e. The summed E-state index contributed by atoms with van der Waals surface area (Å²) in [5.74, 6) is 0. The van der Waals surface area contributed by atoms with Crippen LogP contribution in [0.5, 0.6) is 0 Å². The third-order valence-corrected chi connectivity index (χ3v) is 6.52. The Morgan fingerprint density at radius 3 is 1.32 bits per heavy atom. The minimum absolute atomic E-state index is 0.0715. The predicted octanol–water partition coefficient (Wildman–Crippen LogP) is 6.51. The van der Waals surface area contributed by atoms with Gasteiger partial charge in [-0.2, -0.15) is 0 Å². The summed E-state index contributed by atoms with van der Waals surface area (Å²) in [6.07, 6.45) is -1.21. The topological polar surface area (TPSA) is 57.2 Å². The third kappa shape index (κ3) is 9.56. The lowest BCUT2D eigenvalue weighted by Gasteiger charge is -2.35. The van der Waals surface area contributed by atoms with Crippen LogP contribution in [-0.4, -0.2) is 36.1 Å². The highest BCUT2D eigenvalue weighted by Crippen LogP contribution is 2.22. The fraction of sp³-hybridized carbons (Fsp3) is 0.257. The molecule has 0 aliphatic heterocycles. The standard InChI is InChI=1S/C35H38O5/c1-2-33(38-24-29-17-9-4-10-18-29)35(40-26-31-21-13-6-14-22-31)34(39-25-30-19-11-5-12-20-30)32(36)27-37-23-28-15-7-3-8-16-28/h2-22,32-36H,1,23-27H2/t32-,33+,34-,35+/m1/s1. The summed E-state index contributed by atoms with van der Waals surface area (Å²) in [6.45, 7) is 5.49. The number of aliphatic hydroxyl groups is 1. The molecule has 4 atom stereocenters. The first kappa shape index (κ1) is 29.4. The second-order valence-electron chi connectivity index (χ2n) is 9.59. The predicted molar refractivity (Wildman–Crippen MR) is 157 cm³/mol. The van der Waals surface area contributed by atoms with E-state index >= 15 is 0 Å². The van der Waals surface area contributed by atoms with Gasteiger partial charge in [0.05, 0.1) is 33.0 Å². The van der Waals surface area contributed by atoms with Crippen LogP contribution in [0, 0.1) is 0 Å². The van der Waals surface area contributed by atoms with Gasteiger partial charge in [0.15, 0.2) is 0 Å². The molecule has 0 bridgehead atoms. The number of ether oxygens (including phenoxy) is 4. The zero-order valence-corrected chi connectivity index (χ0v) is 22.8. The Kier molecular flexibility index (Phi) is 12.1. The molecule has 40 heavy (non-hydrogen) atoms. The van der Waals surface area contributed by atoms with E-state index in [9.17, 15) is 5.11 Å². The van der Waals surface area contributed by atoms with E-state index in [0.29, 0.717) is 26.4 Å². The Balaban J connectivity index is 1.53. The lowest BCUT2D eigenvalue weighted by molar-refractivity contribution is -0.178. The summed E-state index contributed by atoms with van der Waals surface area (Å²) in [4.78, 5) is 0. The van der Waals surface area contributed by atoms with Crippen LogP contribution in [0.25, 0.3) is 0 Å². The molecular formula is C35H38O5. The Hall–Kier alpha value is -3.58. The van der Waals surface area contributed by atoms with Crippen molar-refractivity contribution in [1.82, 2.24) is 0 Å². The van der Waals surface area contributed by atoms with E-state index in [2.05, 4.69) is 6.58 Å². The summed E-state index contributed by atoms with van der Waals surface area (Å²) in [5.41, 5.74) is 4.07. The van der Waals surface area contributed by atoms with E-state index in [1.54, 1.807) is 6.08 Å². The number of hydrogen-bond acceptors (Lipinski definition) is 5. The summed E-state index contributed by atoms with van der Waals surface area (Å²) in [5, 5.41) is 11.4. The molecule has 208 valence electrons. The van der Waals surface area contributed by atoms with Crippen molar-refractivity contribution in [3.05, 3.63) is 156 Å². The average Bonchev–Trinajstić information content (AvgIpc) is 3.01. The van der Waals surface area contributed by atoms with Gasteiger partial charge in [-0.1, -0.05) is 127 Å². The maximum absolute atomic E-state index is 11.4. The molecule has 4 aromatic carbocycles. The first-order valence-electron chi connectivity index (χ1n) is 13.6. The summed E-state index contributed by atoms with van der Waals surface area (Å²) in [7, 11) is 0. The van der Waals surface area contributed by atoms with Crippen LogP contribution in [0.4, 0.5) is 0 Å². The van der Waals surface area contributed by atoms with Gasteiger partial charge >= 0.3 is 0 Å². The Bertz CT molecular complexity index is 1220. The van der Waals surface area contributed by atoms with E-state index in [1.165, 1.54) is 0 Å². The second-order valence-corrected chi connectivity index (χ2v) is 9.59. The van der Waals surface area contributed by atoms with Gasteiger partial charge in [-0.05, 0) is 22.3 Å². The summed E-state index contributed by atoms with van der Waals surface area (Å²) < 4.78 is 25.1. The molecule has 0 aliphatic rings. The van der Waals surface area contributed by atoms with Gasteiger partial charge in [-0.25, -0.2) is 0 Å². The molecular weight excluding hydrogens is 500 g/mol. The van der Waals surface area contributed by atoms with Crippen molar-refractivity contribution in [2.75, 3.05) is 6.61 Å². The fourth-order valence-electron chi connectivity index (χ4n) is 4.37. The number of benzene rings is 4. The van der Waals surface area contributed by atoms with E-state index < -0.39 is 24.4 Å². The van der Waals surface area contributed by atoms with E-state index in [4.69, 9.17) is 18.9 Å². The molecule has 4 aromatic rings. The van der Waals surface area contributed by atoms with Crippen LogP contribution in [0.2, 0.25) is 0 Å². The molecule has 0 saturated carbocycles. The molecule has 0 unspecified atom stereocenters. The Labute approximate surface area is 237 Å². The minimum Gasteiger partial charge on any atom is -0.388 e. The van der Waals surface area contributed by atoms with Gasteiger partial charge in [0.25, 0.3) is 0 Å². The van der Waals surface area contributed by atoms with Crippen LogP contribution in [-0.2, 0) is 45.4 Å². The molecule has 4 rings (SSSR count). The van der Waals surface area contributed by atoms with Crippen molar-refractivity contribution < 1.29 is 24.1 Å². The number of hydrogen-bond donors (Lipinski definition) is 1. The zero-order valence-electron chi connectivity index (χ0n) is 22.8. The maximum atomic E-state index is 11.4. The molecule has 0 saturated heterocycles. The van der Waals surface area contributed by atoms with Gasteiger partial charge in [0.1, 0.15) is 24.4 Å². The molecule has 5 heteroatoms. The molecule has 1 N–H and O–H groups in total. The third-order valence-electron chi connectivity index (χ3n) is 6.52.